The van der Waals surface area contributed by atoms with Crippen LogP contribution in [0.25, 0.3) is 0 Å². The number of hydrogen-bond acceptors (Lipinski definition) is 5. The molecule has 0 saturated heterocycles. The van der Waals surface area contributed by atoms with Crippen molar-refractivity contribution in [3.63, 3.8) is 0 Å². The second kappa shape index (κ2) is 9.38. The minimum atomic E-state index is -0.167. The van der Waals surface area contributed by atoms with E-state index < -0.39 is 0 Å². The predicted octanol–water partition coefficient (Wildman–Crippen LogP) is 3.09. The molecule has 0 atom stereocenters. The van der Waals surface area contributed by atoms with Gasteiger partial charge in [0.15, 0.2) is 11.0 Å². The van der Waals surface area contributed by atoms with Gasteiger partial charge in [0.05, 0.1) is 12.3 Å². The van der Waals surface area contributed by atoms with Crippen LogP contribution in [0.5, 0.6) is 0 Å². The van der Waals surface area contributed by atoms with Crippen molar-refractivity contribution in [2.45, 2.75) is 25.5 Å². The number of aromatic nitrogens is 3. The van der Waals surface area contributed by atoms with Crippen LogP contribution < -0.4 is 10.6 Å². The predicted molar refractivity (Wildman–Crippen MR) is 114 cm³/mol. The van der Waals surface area contributed by atoms with Crippen LogP contribution in [0.4, 0.5) is 5.69 Å². The fourth-order valence-corrected chi connectivity index (χ4v) is 3.35. The molecule has 1 heterocycles. The molecule has 8 heteroatoms. The summed E-state index contributed by atoms with van der Waals surface area (Å²) < 4.78 is 1.78. The summed E-state index contributed by atoms with van der Waals surface area (Å²) in [5.74, 6) is 0.560. The van der Waals surface area contributed by atoms with Gasteiger partial charge in [0, 0.05) is 18.3 Å². The molecule has 3 rings (SSSR count). The quantitative estimate of drug-likeness (QED) is 0.586. The number of carbonyl (C=O) groups excluding carboxylic acids is 2. The standard InChI is InChI=1S/C21H23N5O2S/c1-14-8-10-16(11-9-14)20(28)22-12-18-24-25-21(26(18)3)29-13-19(27)23-17-7-5-4-6-15(17)2/h4-11H,12-13H2,1-3H3,(H,22,28)(H,23,27). The number of anilines is 1. The van der Waals surface area contributed by atoms with Gasteiger partial charge in [-0.25, -0.2) is 0 Å². The van der Waals surface area contributed by atoms with Crippen LogP contribution in [0, 0.1) is 13.8 Å². The molecule has 0 bridgehead atoms. The number of nitrogens with one attached hydrogen (secondary N) is 2. The molecule has 0 radical (unpaired) electrons. The van der Waals surface area contributed by atoms with Crippen molar-refractivity contribution < 1.29 is 9.59 Å². The molecular weight excluding hydrogens is 386 g/mol. The maximum atomic E-state index is 12.2. The molecule has 29 heavy (non-hydrogen) atoms. The Morgan fingerprint density at radius 3 is 2.48 bits per heavy atom. The van der Waals surface area contributed by atoms with E-state index >= 15 is 0 Å². The Balaban J connectivity index is 1.52. The van der Waals surface area contributed by atoms with E-state index in [-0.39, 0.29) is 24.1 Å². The van der Waals surface area contributed by atoms with Crippen molar-refractivity contribution in [3.8, 4) is 0 Å². The number of amides is 2. The molecule has 2 amide bonds. The molecule has 0 aliphatic rings. The topological polar surface area (TPSA) is 88.9 Å². The van der Waals surface area contributed by atoms with E-state index in [9.17, 15) is 9.59 Å². The monoisotopic (exact) mass is 409 g/mol. The van der Waals surface area contributed by atoms with Crippen LogP contribution in [-0.2, 0) is 18.4 Å². The third-order valence-electron chi connectivity index (χ3n) is 4.40. The molecule has 0 fully saturated rings. The number of nitrogens with zero attached hydrogens (tertiary/aromatic N) is 3. The summed E-state index contributed by atoms with van der Waals surface area (Å²) in [6, 6.07) is 15.0. The minimum Gasteiger partial charge on any atom is -0.345 e. The Hall–Kier alpha value is -3.13. The molecular formula is C21H23N5O2S. The Morgan fingerprint density at radius 2 is 1.76 bits per heavy atom. The lowest BCUT2D eigenvalue weighted by Crippen LogP contribution is -2.24. The average molecular weight is 410 g/mol. The van der Waals surface area contributed by atoms with Crippen LogP contribution in [0.2, 0.25) is 0 Å². The smallest absolute Gasteiger partial charge is 0.251 e. The molecule has 7 nitrogen and oxygen atoms in total. The number of benzene rings is 2. The van der Waals surface area contributed by atoms with Crippen molar-refractivity contribution in [2.75, 3.05) is 11.1 Å². The first kappa shape index (κ1) is 20.6. The summed E-state index contributed by atoms with van der Waals surface area (Å²) in [4.78, 5) is 24.4. The van der Waals surface area contributed by atoms with Gasteiger partial charge >= 0.3 is 0 Å². The lowest BCUT2D eigenvalue weighted by Gasteiger charge is -2.08. The first-order valence-electron chi connectivity index (χ1n) is 9.15. The molecule has 0 aliphatic carbocycles. The van der Waals surface area contributed by atoms with E-state index in [0.717, 1.165) is 16.8 Å². The summed E-state index contributed by atoms with van der Waals surface area (Å²) in [5, 5.41) is 14.6. The summed E-state index contributed by atoms with van der Waals surface area (Å²) >= 11 is 1.30. The van der Waals surface area contributed by atoms with Crippen molar-refractivity contribution in [2.24, 2.45) is 7.05 Å². The van der Waals surface area contributed by atoms with Crippen LogP contribution >= 0.6 is 11.8 Å². The first-order chi connectivity index (χ1) is 13.9. The lowest BCUT2D eigenvalue weighted by atomic mass is 10.1. The van der Waals surface area contributed by atoms with Crippen molar-refractivity contribution in [1.29, 1.82) is 0 Å². The number of carbonyl (C=O) groups is 2. The zero-order valence-corrected chi connectivity index (χ0v) is 17.4. The van der Waals surface area contributed by atoms with E-state index in [0.29, 0.717) is 16.5 Å². The average Bonchev–Trinajstić information content (AvgIpc) is 3.06. The Bertz CT molecular complexity index is 1010. The SMILES string of the molecule is Cc1ccc(C(=O)NCc2nnc(SCC(=O)Nc3ccccc3C)n2C)cc1. The molecule has 0 saturated carbocycles. The lowest BCUT2D eigenvalue weighted by molar-refractivity contribution is -0.113. The molecule has 0 aliphatic heterocycles. The van der Waals surface area contributed by atoms with E-state index in [4.69, 9.17) is 0 Å². The van der Waals surface area contributed by atoms with Crippen LogP contribution in [0.3, 0.4) is 0 Å². The molecule has 2 N–H and O–H groups in total. The third kappa shape index (κ3) is 5.45. The van der Waals surface area contributed by atoms with E-state index in [1.807, 2.05) is 57.3 Å². The number of rotatable bonds is 7. The van der Waals surface area contributed by atoms with Gasteiger partial charge in [0.2, 0.25) is 5.91 Å². The molecule has 1 aromatic heterocycles. The normalized spacial score (nSPS) is 10.6. The maximum Gasteiger partial charge on any atom is 0.251 e. The van der Waals surface area contributed by atoms with Gasteiger partial charge in [0.25, 0.3) is 5.91 Å². The highest BCUT2D eigenvalue weighted by Gasteiger charge is 2.13. The first-order valence-corrected chi connectivity index (χ1v) is 10.1. The summed E-state index contributed by atoms with van der Waals surface area (Å²) in [7, 11) is 1.81. The van der Waals surface area contributed by atoms with Gasteiger partial charge in [-0.05, 0) is 37.6 Å². The van der Waals surface area contributed by atoms with Gasteiger partial charge in [-0.1, -0.05) is 47.7 Å². The number of para-hydroxylation sites is 1. The largest absolute Gasteiger partial charge is 0.345 e. The Kier molecular flexibility index (Phi) is 6.66. The maximum absolute atomic E-state index is 12.2. The number of thioether (sulfide) groups is 1. The fourth-order valence-electron chi connectivity index (χ4n) is 2.62. The summed E-state index contributed by atoms with van der Waals surface area (Å²) in [5.41, 5.74) is 3.51. The molecule has 2 aromatic carbocycles. The second-order valence-corrected chi connectivity index (χ2v) is 7.60. The summed E-state index contributed by atoms with van der Waals surface area (Å²) in [6.07, 6.45) is 0. The number of hydrogen-bond donors (Lipinski definition) is 2. The van der Waals surface area contributed by atoms with E-state index in [2.05, 4.69) is 20.8 Å². The van der Waals surface area contributed by atoms with E-state index in [1.165, 1.54) is 11.8 Å². The zero-order valence-electron chi connectivity index (χ0n) is 16.6. The highest BCUT2D eigenvalue weighted by atomic mass is 32.2. The van der Waals surface area contributed by atoms with Gasteiger partial charge in [-0.2, -0.15) is 0 Å². The van der Waals surface area contributed by atoms with Crippen LogP contribution in [0.15, 0.2) is 53.7 Å². The van der Waals surface area contributed by atoms with Gasteiger partial charge in [-0.15, -0.1) is 10.2 Å². The fraction of sp³-hybridized carbons (Fsp3) is 0.238. The van der Waals surface area contributed by atoms with Gasteiger partial charge < -0.3 is 15.2 Å². The summed E-state index contributed by atoms with van der Waals surface area (Å²) in [6.45, 7) is 4.18. The second-order valence-electron chi connectivity index (χ2n) is 6.66. The Morgan fingerprint density at radius 1 is 1.03 bits per heavy atom. The number of aryl methyl sites for hydroxylation is 2. The highest BCUT2D eigenvalue weighted by Crippen LogP contribution is 2.18. The van der Waals surface area contributed by atoms with Crippen molar-refractivity contribution >= 4 is 29.3 Å². The zero-order chi connectivity index (χ0) is 20.8. The van der Waals surface area contributed by atoms with Crippen molar-refractivity contribution in [1.82, 2.24) is 20.1 Å². The third-order valence-corrected chi connectivity index (χ3v) is 5.42. The van der Waals surface area contributed by atoms with Crippen LogP contribution in [-0.4, -0.2) is 32.3 Å². The molecule has 3 aromatic rings. The molecule has 0 spiro atoms. The van der Waals surface area contributed by atoms with Gasteiger partial charge in [-0.3, -0.25) is 9.59 Å². The van der Waals surface area contributed by atoms with Crippen LogP contribution in [0.1, 0.15) is 27.3 Å². The van der Waals surface area contributed by atoms with Crippen molar-refractivity contribution in [3.05, 3.63) is 71.0 Å². The molecule has 0 unspecified atom stereocenters. The minimum absolute atomic E-state index is 0.110. The molecule has 150 valence electrons. The Labute approximate surface area is 173 Å². The van der Waals surface area contributed by atoms with E-state index in [1.54, 1.807) is 16.7 Å². The van der Waals surface area contributed by atoms with Gasteiger partial charge in [0.1, 0.15) is 0 Å². The highest BCUT2D eigenvalue weighted by molar-refractivity contribution is 7.99.